The highest BCUT2D eigenvalue weighted by Gasteiger charge is 2.42. The molecule has 8 heteroatoms. The fourth-order valence-electron chi connectivity index (χ4n) is 1.94. The van der Waals surface area contributed by atoms with E-state index in [0.29, 0.717) is 4.90 Å². The lowest BCUT2D eigenvalue weighted by Crippen LogP contribution is -2.55. The van der Waals surface area contributed by atoms with Crippen molar-refractivity contribution in [3.8, 4) is 0 Å². The predicted octanol–water partition coefficient (Wildman–Crippen LogP) is 0.514. The number of rotatable bonds is 3. The summed E-state index contributed by atoms with van der Waals surface area (Å²) in [5.41, 5.74) is -0.980. The molecule has 1 aliphatic heterocycles. The Morgan fingerprint density at radius 3 is 2.50 bits per heavy atom. The summed E-state index contributed by atoms with van der Waals surface area (Å²) in [6.45, 7) is 1.56. The van der Waals surface area contributed by atoms with Crippen molar-refractivity contribution < 1.29 is 25.0 Å². The number of nitro benzene ring substituents is 1. The Hall–Kier alpha value is -1.19. The molecule has 0 bridgehead atoms. The first-order chi connectivity index (χ1) is 9.41. The van der Waals surface area contributed by atoms with Gasteiger partial charge in [-0.1, -0.05) is 23.9 Å². The van der Waals surface area contributed by atoms with Crippen LogP contribution in [-0.4, -0.2) is 50.1 Å². The smallest absolute Gasteiger partial charge is 0.282 e. The fraction of sp³-hybridized carbons (Fsp3) is 0.500. The zero-order chi connectivity index (χ0) is 14.9. The van der Waals surface area contributed by atoms with E-state index in [0.717, 1.165) is 11.8 Å². The first-order valence-corrected chi connectivity index (χ1v) is 6.89. The van der Waals surface area contributed by atoms with Crippen LogP contribution >= 0.6 is 11.8 Å². The second-order valence-electron chi connectivity index (χ2n) is 4.52. The molecule has 0 spiro atoms. The van der Waals surface area contributed by atoms with Crippen LogP contribution in [0.25, 0.3) is 0 Å². The Kier molecular flexibility index (Phi) is 4.61. The molecular weight excluding hydrogens is 286 g/mol. The van der Waals surface area contributed by atoms with Crippen LogP contribution in [0.3, 0.4) is 0 Å². The SMILES string of the molecule is CC1OC(Sc2ccccc2[N+](=O)[O-])C(O)C(O)C1O. The number of para-hydroxylation sites is 1. The molecule has 0 aliphatic carbocycles. The van der Waals surface area contributed by atoms with E-state index in [1.165, 1.54) is 6.07 Å². The normalized spacial score (nSPS) is 33.9. The van der Waals surface area contributed by atoms with E-state index in [1.54, 1.807) is 25.1 Å². The maximum Gasteiger partial charge on any atom is 0.282 e. The summed E-state index contributed by atoms with van der Waals surface area (Å²) in [5, 5.41) is 40.1. The highest BCUT2D eigenvalue weighted by Crippen LogP contribution is 2.37. The summed E-state index contributed by atoms with van der Waals surface area (Å²) in [6.07, 6.45) is -4.54. The lowest BCUT2D eigenvalue weighted by Gasteiger charge is -2.38. The van der Waals surface area contributed by atoms with E-state index in [9.17, 15) is 25.4 Å². The minimum absolute atomic E-state index is 0.0958. The van der Waals surface area contributed by atoms with Gasteiger partial charge in [-0.25, -0.2) is 0 Å². The van der Waals surface area contributed by atoms with Crippen LogP contribution in [0, 0.1) is 10.1 Å². The monoisotopic (exact) mass is 301 g/mol. The van der Waals surface area contributed by atoms with Crippen molar-refractivity contribution in [3.63, 3.8) is 0 Å². The number of aliphatic hydroxyl groups is 3. The van der Waals surface area contributed by atoms with Gasteiger partial charge in [0.05, 0.1) is 15.9 Å². The van der Waals surface area contributed by atoms with Crippen molar-refractivity contribution in [3.05, 3.63) is 34.4 Å². The van der Waals surface area contributed by atoms with Crippen LogP contribution in [0.4, 0.5) is 5.69 Å². The third-order valence-electron chi connectivity index (χ3n) is 3.11. The molecule has 2 rings (SSSR count). The van der Waals surface area contributed by atoms with Crippen molar-refractivity contribution in [1.82, 2.24) is 0 Å². The fourth-order valence-corrected chi connectivity index (χ4v) is 3.15. The number of ether oxygens (including phenoxy) is 1. The summed E-state index contributed by atoms with van der Waals surface area (Å²) >= 11 is 0.952. The van der Waals surface area contributed by atoms with Gasteiger partial charge in [-0.3, -0.25) is 10.1 Å². The Balaban J connectivity index is 2.20. The first-order valence-electron chi connectivity index (χ1n) is 6.01. The Morgan fingerprint density at radius 2 is 1.85 bits per heavy atom. The summed E-state index contributed by atoms with van der Waals surface area (Å²) in [5.74, 6) is 0. The number of benzene rings is 1. The zero-order valence-electron chi connectivity index (χ0n) is 10.6. The van der Waals surface area contributed by atoms with Gasteiger partial charge in [-0.2, -0.15) is 0 Å². The number of nitro groups is 1. The molecule has 110 valence electrons. The number of thioether (sulfide) groups is 1. The predicted molar refractivity (Wildman–Crippen MR) is 71.3 cm³/mol. The average molecular weight is 301 g/mol. The van der Waals surface area contributed by atoms with E-state index < -0.39 is 34.8 Å². The summed E-state index contributed by atoms with van der Waals surface area (Å²) in [7, 11) is 0. The lowest BCUT2D eigenvalue weighted by atomic mass is 10.0. The number of nitrogens with zero attached hydrogens (tertiary/aromatic N) is 1. The molecule has 1 aromatic carbocycles. The van der Waals surface area contributed by atoms with E-state index in [4.69, 9.17) is 4.74 Å². The molecular formula is C12H15NO6S. The minimum atomic E-state index is -1.35. The molecule has 0 radical (unpaired) electrons. The number of aliphatic hydroxyl groups excluding tert-OH is 3. The molecule has 1 heterocycles. The molecule has 7 nitrogen and oxygen atoms in total. The van der Waals surface area contributed by atoms with Crippen LogP contribution in [0.1, 0.15) is 6.92 Å². The molecule has 1 aliphatic rings. The van der Waals surface area contributed by atoms with Gasteiger partial charge in [0.25, 0.3) is 5.69 Å². The van der Waals surface area contributed by atoms with E-state index in [1.807, 2.05) is 0 Å². The lowest BCUT2D eigenvalue weighted by molar-refractivity contribution is -0.387. The van der Waals surface area contributed by atoms with Crippen molar-refractivity contribution in [2.45, 2.75) is 41.7 Å². The van der Waals surface area contributed by atoms with Crippen LogP contribution in [-0.2, 0) is 4.74 Å². The number of hydrogen-bond acceptors (Lipinski definition) is 7. The Bertz CT molecular complexity index is 499. The highest BCUT2D eigenvalue weighted by atomic mass is 32.2. The van der Waals surface area contributed by atoms with Crippen molar-refractivity contribution in [1.29, 1.82) is 0 Å². The summed E-state index contributed by atoms with van der Waals surface area (Å²) in [4.78, 5) is 10.7. The third kappa shape index (κ3) is 2.94. The maximum atomic E-state index is 10.9. The first kappa shape index (κ1) is 15.2. The van der Waals surface area contributed by atoms with Gasteiger partial charge < -0.3 is 20.1 Å². The summed E-state index contributed by atoms with van der Waals surface area (Å²) in [6, 6.07) is 6.08. The Morgan fingerprint density at radius 1 is 1.20 bits per heavy atom. The minimum Gasteiger partial charge on any atom is -0.388 e. The molecule has 5 unspecified atom stereocenters. The molecule has 1 aromatic rings. The molecule has 1 saturated heterocycles. The van der Waals surface area contributed by atoms with Gasteiger partial charge >= 0.3 is 0 Å². The van der Waals surface area contributed by atoms with Crippen LogP contribution in [0.2, 0.25) is 0 Å². The maximum absolute atomic E-state index is 10.9. The van der Waals surface area contributed by atoms with Gasteiger partial charge in [0.15, 0.2) is 0 Å². The topological polar surface area (TPSA) is 113 Å². The second-order valence-corrected chi connectivity index (χ2v) is 5.66. The zero-order valence-corrected chi connectivity index (χ0v) is 11.4. The largest absolute Gasteiger partial charge is 0.388 e. The molecule has 1 fully saturated rings. The van der Waals surface area contributed by atoms with E-state index in [2.05, 4.69) is 0 Å². The molecule has 0 saturated carbocycles. The van der Waals surface area contributed by atoms with Gasteiger partial charge in [0, 0.05) is 6.07 Å². The summed E-state index contributed by atoms with van der Waals surface area (Å²) < 4.78 is 5.40. The molecule has 3 N–H and O–H groups in total. The van der Waals surface area contributed by atoms with Crippen LogP contribution in [0.15, 0.2) is 29.2 Å². The van der Waals surface area contributed by atoms with Crippen molar-refractivity contribution in [2.75, 3.05) is 0 Å². The standard InChI is InChI=1S/C12H15NO6S/c1-6-9(14)10(15)11(16)12(19-6)20-8-5-3-2-4-7(8)13(17)18/h2-6,9-12,14-16H,1H3. The molecule has 5 atom stereocenters. The van der Waals surface area contributed by atoms with E-state index >= 15 is 0 Å². The van der Waals surface area contributed by atoms with Gasteiger partial charge in [0.1, 0.15) is 23.7 Å². The molecule has 0 aromatic heterocycles. The van der Waals surface area contributed by atoms with Gasteiger partial charge in [-0.05, 0) is 13.0 Å². The molecule has 0 amide bonds. The molecule has 20 heavy (non-hydrogen) atoms. The van der Waals surface area contributed by atoms with Crippen LogP contribution in [0.5, 0.6) is 0 Å². The van der Waals surface area contributed by atoms with E-state index in [-0.39, 0.29) is 5.69 Å². The Labute approximate surface area is 119 Å². The van der Waals surface area contributed by atoms with Crippen molar-refractivity contribution in [2.24, 2.45) is 0 Å². The second kappa shape index (κ2) is 6.06. The average Bonchev–Trinajstić information content (AvgIpc) is 2.43. The van der Waals surface area contributed by atoms with Gasteiger partial charge in [-0.15, -0.1) is 0 Å². The quantitative estimate of drug-likeness (QED) is 0.551. The van der Waals surface area contributed by atoms with Crippen LogP contribution < -0.4 is 0 Å². The number of hydrogen-bond donors (Lipinski definition) is 3. The van der Waals surface area contributed by atoms with Gasteiger partial charge in [0.2, 0.25) is 0 Å². The van der Waals surface area contributed by atoms with Crippen molar-refractivity contribution >= 4 is 17.4 Å². The third-order valence-corrected chi connectivity index (χ3v) is 4.33. The highest BCUT2D eigenvalue weighted by molar-refractivity contribution is 8.00.